The Balaban J connectivity index is 0.000000671. The monoisotopic (exact) mass is 588 g/mol. The number of nitrogens with zero attached hydrogens (tertiary/aromatic N) is 3. The molecule has 0 radical (unpaired) electrons. The highest BCUT2D eigenvalue weighted by Crippen LogP contribution is 2.38. The molecule has 10 N–H and O–H groups in total. The van der Waals surface area contributed by atoms with Gasteiger partial charge in [0.1, 0.15) is 42.6 Å². The molecule has 228 valence electrons. The lowest BCUT2D eigenvalue weighted by atomic mass is 10.1. The molecule has 1 aliphatic heterocycles. The number of carbonyl (C=O) groups excluding carboxylic acids is 1. The van der Waals surface area contributed by atoms with Crippen LogP contribution in [0.3, 0.4) is 0 Å². The lowest BCUT2D eigenvalue weighted by molar-refractivity contribution is -0.115. The molecule has 0 spiro atoms. The summed E-state index contributed by atoms with van der Waals surface area (Å²) in [5.41, 5.74) is 4.52. The van der Waals surface area contributed by atoms with Gasteiger partial charge in [-0.3, -0.25) is 9.09 Å². The van der Waals surface area contributed by atoms with Crippen LogP contribution in [0.1, 0.15) is 33.4 Å². The number of carbonyl (C=O) groups is 1. The molecule has 0 saturated carbocycles. The second-order valence-electron chi connectivity index (χ2n) is 8.20. The summed E-state index contributed by atoms with van der Waals surface area (Å²) in [6.45, 7) is 8.83. The lowest BCUT2D eigenvalue weighted by Crippen LogP contribution is -2.39. The van der Waals surface area contributed by atoms with Crippen molar-refractivity contribution < 1.29 is 59.0 Å². The number of rotatable bonds is 12. The van der Waals surface area contributed by atoms with Crippen LogP contribution in [-0.4, -0.2) is 131 Å². The maximum absolute atomic E-state index is 11.6. The zero-order valence-corrected chi connectivity index (χ0v) is 22.9. The Labute approximate surface area is 225 Å². The van der Waals surface area contributed by atoms with E-state index in [1.807, 2.05) is 0 Å². The van der Waals surface area contributed by atoms with E-state index in [0.29, 0.717) is 6.29 Å². The number of aliphatic hydroxyl groups is 6. The zero-order chi connectivity index (χ0) is 30.3. The third-order valence-electron chi connectivity index (χ3n) is 5.52. The molecule has 0 aliphatic carbocycles. The van der Waals surface area contributed by atoms with Crippen LogP contribution in [-0.2, 0) is 18.6 Å². The number of nitrogens with two attached hydrogens (primary N) is 1. The minimum atomic E-state index is -4.74. The number of phosphoric ester groups is 1. The molecule has 18 heteroatoms. The zero-order valence-electron chi connectivity index (χ0n) is 22.0. The average Bonchev–Trinajstić information content (AvgIpc) is 3.16. The highest BCUT2D eigenvalue weighted by atomic mass is 31.2. The Hall–Kier alpha value is -1.86. The highest BCUT2D eigenvalue weighted by Gasteiger charge is 2.45. The van der Waals surface area contributed by atoms with Crippen molar-refractivity contribution in [1.29, 1.82) is 0 Å². The number of aliphatic hydroxyl groups excluding tert-OH is 6. The number of aromatic nitrogens is 2. The second kappa shape index (κ2) is 18.5. The smallest absolute Gasteiger partial charge is 0.394 e. The highest BCUT2D eigenvalue weighted by molar-refractivity contribution is 7.46. The first-order valence-electron chi connectivity index (χ1n) is 12.0. The lowest BCUT2D eigenvalue weighted by Gasteiger charge is -2.19. The van der Waals surface area contributed by atoms with E-state index in [0.717, 1.165) is 4.57 Å². The van der Waals surface area contributed by atoms with Crippen LogP contribution in [0.4, 0.5) is 5.82 Å². The van der Waals surface area contributed by atoms with Gasteiger partial charge >= 0.3 is 13.5 Å². The molecule has 0 amide bonds. The van der Waals surface area contributed by atoms with Crippen molar-refractivity contribution in [2.24, 2.45) is 0 Å². The van der Waals surface area contributed by atoms with Crippen molar-refractivity contribution in [3.8, 4) is 0 Å². The van der Waals surface area contributed by atoms with Crippen LogP contribution in [0.2, 0.25) is 0 Å². The van der Waals surface area contributed by atoms with Crippen LogP contribution in [0, 0.1) is 0 Å². The molecule has 1 aromatic rings. The fourth-order valence-corrected chi connectivity index (χ4v) is 3.50. The molecule has 2 rings (SSSR count). The average molecular weight is 589 g/mol. The van der Waals surface area contributed by atoms with E-state index >= 15 is 0 Å². The third-order valence-corrected chi connectivity index (χ3v) is 6.01. The standard InChI is InChI=1S/C9H14N3O8P.C6H15N.C6H12O5/c10-5-1-2-12(9(15)11-5)8-7(14)6(13)4(20-8)3-19-21(16,17)18;1-4-7(5-2)6-3;7-2-1-4(9)6(11)5(10)3-8/h1-2,4,6-8,13-14H,3H2,(H2,10,11,15)(H2,16,17,18);4-6H2,1-3H3;2,4-6,8-11H,1,3H2/t4-,6-,7-,8-;;/m1../s1. The summed E-state index contributed by atoms with van der Waals surface area (Å²) in [4.78, 5) is 44.5. The third kappa shape index (κ3) is 13.4. The van der Waals surface area contributed by atoms with Gasteiger partial charge in [0.2, 0.25) is 0 Å². The summed E-state index contributed by atoms with van der Waals surface area (Å²) in [6, 6.07) is 1.29. The predicted molar refractivity (Wildman–Crippen MR) is 136 cm³/mol. The molecular weight excluding hydrogens is 547 g/mol. The van der Waals surface area contributed by atoms with E-state index in [9.17, 15) is 24.4 Å². The second-order valence-corrected chi connectivity index (χ2v) is 9.44. The van der Waals surface area contributed by atoms with Gasteiger partial charge in [-0.2, -0.15) is 4.98 Å². The van der Waals surface area contributed by atoms with Crippen LogP contribution in [0.5, 0.6) is 0 Å². The van der Waals surface area contributed by atoms with E-state index in [-0.39, 0.29) is 12.2 Å². The van der Waals surface area contributed by atoms with Gasteiger partial charge in [0.25, 0.3) is 0 Å². The van der Waals surface area contributed by atoms with E-state index in [1.165, 1.54) is 31.9 Å². The molecule has 1 saturated heterocycles. The van der Waals surface area contributed by atoms with Gasteiger partial charge in [-0.1, -0.05) is 20.8 Å². The number of anilines is 1. The van der Waals surface area contributed by atoms with Crippen LogP contribution < -0.4 is 11.4 Å². The van der Waals surface area contributed by atoms with Crippen LogP contribution in [0.25, 0.3) is 0 Å². The molecule has 17 nitrogen and oxygen atoms in total. The maximum Gasteiger partial charge on any atom is 0.469 e. The van der Waals surface area contributed by atoms with Crippen molar-refractivity contribution in [2.75, 3.05) is 38.6 Å². The van der Waals surface area contributed by atoms with Crippen molar-refractivity contribution in [3.05, 3.63) is 22.7 Å². The number of hydrogen-bond donors (Lipinski definition) is 9. The van der Waals surface area contributed by atoms with E-state index in [2.05, 4.69) is 35.2 Å². The van der Waals surface area contributed by atoms with Gasteiger partial charge in [0.15, 0.2) is 6.23 Å². The summed E-state index contributed by atoms with van der Waals surface area (Å²) >= 11 is 0. The molecule has 39 heavy (non-hydrogen) atoms. The topological polar surface area (TPSA) is 279 Å². The fraction of sp³-hybridized carbons (Fsp3) is 0.762. The first-order chi connectivity index (χ1) is 18.2. The number of hydrogen-bond acceptors (Lipinski definition) is 14. The van der Waals surface area contributed by atoms with Gasteiger partial charge in [0, 0.05) is 12.6 Å². The van der Waals surface area contributed by atoms with E-state index < -0.39 is 69.6 Å². The Bertz CT molecular complexity index is 924. The summed E-state index contributed by atoms with van der Waals surface area (Å²) < 4.78 is 20.9. The SMILES string of the molecule is CCN(CC)CC.Nc1ccn([C@@H]2O[C@H](COP(=O)(O)O)[C@@H](O)[C@H]2O)c(=O)n1.O=CCC(O)C(O)C(O)CO. The van der Waals surface area contributed by atoms with Crippen molar-refractivity contribution in [3.63, 3.8) is 0 Å². The van der Waals surface area contributed by atoms with Gasteiger partial charge in [-0.25, -0.2) is 9.36 Å². The summed E-state index contributed by atoms with van der Waals surface area (Å²) in [7, 11) is -4.74. The Morgan fingerprint density at radius 2 is 1.72 bits per heavy atom. The molecule has 1 aromatic heterocycles. The predicted octanol–water partition coefficient (Wildman–Crippen LogP) is -3.45. The summed E-state index contributed by atoms with van der Waals surface area (Å²) in [5, 5.41) is 54.4. The first kappa shape index (κ1) is 37.1. The van der Waals surface area contributed by atoms with E-state index in [4.69, 9.17) is 40.7 Å². The minimum absolute atomic E-state index is 0.0225. The fourth-order valence-electron chi connectivity index (χ4n) is 3.16. The quantitative estimate of drug-likeness (QED) is 0.0848. The molecule has 1 fully saturated rings. The Morgan fingerprint density at radius 3 is 2.13 bits per heavy atom. The first-order valence-corrected chi connectivity index (χ1v) is 13.6. The normalized spacial score (nSPS) is 23.2. The molecule has 0 aromatic carbocycles. The Morgan fingerprint density at radius 1 is 1.15 bits per heavy atom. The summed E-state index contributed by atoms with van der Waals surface area (Å²) in [6.07, 6.45) is -8.27. The van der Waals surface area contributed by atoms with Crippen LogP contribution in [0.15, 0.2) is 17.1 Å². The molecule has 0 bridgehead atoms. The number of phosphoric acid groups is 1. The molecule has 2 heterocycles. The van der Waals surface area contributed by atoms with Crippen molar-refractivity contribution >= 4 is 19.9 Å². The van der Waals surface area contributed by atoms with Gasteiger partial charge in [0.05, 0.1) is 19.3 Å². The Kier molecular flexibility index (Phi) is 17.6. The van der Waals surface area contributed by atoms with Gasteiger partial charge in [-0.15, -0.1) is 0 Å². The van der Waals surface area contributed by atoms with Crippen molar-refractivity contribution in [1.82, 2.24) is 14.5 Å². The number of nitrogen functional groups attached to an aromatic ring is 1. The van der Waals surface area contributed by atoms with Crippen molar-refractivity contribution in [2.45, 2.75) is 70.0 Å². The number of aldehydes is 1. The van der Waals surface area contributed by atoms with Gasteiger partial charge in [-0.05, 0) is 25.7 Å². The maximum atomic E-state index is 11.6. The largest absolute Gasteiger partial charge is 0.469 e. The van der Waals surface area contributed by atoms with E-state index in [1.54, 1.807) is 0 Å². The molecule has 1 aliphatic rings. The molecule has 7 atom stereocenters. The van der Waals surface area contributed by atoms with Gasteiger partial charge < -0.3 is 60.6 Å². The number of ether oxygens (including phenoxy) is 1. The molecule has 3 unspecified atom stereocenters. The summed E-state index contributed by atoms with van der Waals surface area (Å²) in [5.74, 6) is -0.0225. The minimum Gasteiger partial charge on any atom is -0.394 e. The molecular formula is C21H41N4O13P. The van der Waals surface area contributed by atoms with Crippen LogP contribution >= 0.6 is 7.82 Å².